The number of fused-ring (bicyclic) bond motifs is 2. The Kier molecular flexibility index (Phi) is 13.0. The lowest BCUT2D eigenvalue weighted by atomic mass is 9.84. The summed E-state index contributed by atoms with van der Waals surface area (Å²) >= 11 is 0. The predicted molar refractivity (Wildman–Crippen MR) is 155 cm³/mol. The van der Waals surface area contributed by atoms with Crippen LogP contribution < -0.4 is 11.1 Å². The van der Waals surface area contributed by atoms with Crippen molar-refractivity contribution < 1.29 is 33.5 Å². The van der Waals surface area contributed by atoms with Gasteiger partial charge in [-0.05, 0) is 38.0 Å². The van der Waals surface area contributed by atoms with Crippen LogP contribution in [0.2, 0.25) is 0 Å². The summed E-state index contributed by atoms with van der Waals surface area (Å²) in [7, 11) is 0. The number of aryl methyl sites for hydroxylation is 1. The monoisotopic (exact) mass is 602 g/mol. The zero-order valence-electron chi connectivity index (χ0n) is 25.6. The van der Waals surface area contributed by atoms with Crippen molar-refractivity contribution in [3.63, 3.8) is 0 Å². The summed E-state index contributed by atoms with van der Waals surface area (Å²) in [5.74, 6) is -3.89. The Balaban J connectivity index is 1.79. The van der Waals surface area contributed by atoms with Gasteiger partial charge in [-0.3, -0.25) is 28.8 Å². The number of nitrogens with two attached hydrogens (primary N) is 1. The van der Waals surface area contributed by atoms with Crippen LogP contribution >= 0.6 is 0 Å². The Labute approximate surface area is 252 Å². The number of hydrogen-bond acceptors (Lipinski definition) is 9. The first-order valence-electron chi connectivity index (χ1n) is 15.3. The molecule has 3 rings (SSSR count). The van der Waals surface area contributed by atoms with E-state index in [1.165, 1.54) is 4.90 Å². The molecular formula is C30H46N6O7. The molecule has 13 heteroatoms. The molecule has 2 aliphatic heterocycles. The Bertz CT molecular complexity index is 1170. The third-order valence-corrected chi connectivity index (χ3v) is 8.24. The fraction of sp³-hybridized carbons (Fsp3) is 0.733. The molecule has 0 radical (unpaired) electrons. The van der Waals surface area contributed by atoms with E-state index in [1.54, 1.807) is 17.8 Å². The number of carbonyl (C=O) groups is 6. The van der Waals surface area contributed by atoms with Crippen molar-refractivity contribution in [2.45, 2.75) is 97.8 Å². The van der Waals surface area contributed by atoms with Crippen molar-refractivity contribution in [3.8, 4) is 0 Å². The van der Waals surface area contributed by atoms with Crippen molar-refractivity contribution in [3.05, 3.63) is 11.9 Å². The molecule has 1 fully saturated rings. The standard InChI is InChI=1S/C30H46N6O7/c1-19(2)11-21(30(31)42)13-26(38)22-14-25(37)20(3)12-27(39)24-7-6-9-35(24)29(41)16-32-28(40)8-4-5-10-36-23(15-33-34-36)18-43-17-22/h15,19-22,24H,4-14,16-18H2,1-3H3,(H2,31,42)(H,32,40)/t20-,21-,22+,24+/m1/s1. The lowest BCUT2D eigenvalue weighted by Crippen LogP contribution is -2.46. The van der Waals surface area contributed by atoms with E-state index >= 15 is 0 Å². The second kappa shape index (κ2) is 16.4. The highest BCUT2D eigenvalue weighted by Gasteiger charge is 2.36. The molecule has 0 saturated carbocycles. The second-order valence-corrected chi connectivity index (χ2v) is 12.3. The summed E-state index contributed by atoms with van der Waals surface area (Å²) in [5.41, 5.74) is 6.26. The van der Waals surface area contributed by atoms with Gasteiger partial charge in [0, 0.05) is 56.5 Å². The Morgan fingerprint density at radius 3 is 2.58 bits per heavy atom. The molecule has 0 aromatic carbocycles. The molecule has 43 heavy (non-hydrogen) atoms. The van der Waals surface area contributed by atoms with Crippen molar-refractivity contribution >= 4 is 35.1 Å². The van der Waals surface area contributed by atoms with Crippen molar-refractivity contribution in [2.24, 2.45) is 29.4 Å². The topological polar surface area (TPSA) is 184 Å². The number of nitrogens with one attached hydrogen (secondary N) is 1. The average molecular weight is 603 g/mol. The highest BCUT2D eigenvalue weighted by molar-refractivity contribution is 5.96. The lowest BCUT2D eigenvalue weighted by Gasteiger charge is -2.25. The number of aromatic nitrogens is 3. The van der Waals surface area contributed by atoms with Gasteiger partial charge in [0.15, 0.2) is 5.78 Å². The summed E-state index contributed by atoms with van der Waals surface area (Å²) in [6, 6.07) is -0.641. The van der Waals surface area contributed by atoms with Gasteiger partial charge in [-0.2, -0.15) is 0 Å². The summed E-state index contributed by atoms with van der Waals surface area (Å²) in [5, 5.41) is 10.7. The highest BCUT2D eigenvalue weighted by atomic mass is 16.5. The molecule has 3 N–H and O–H groups in total. The number of hydrogen-bond donors (Lipinski definition) is 2. The zero-order valence-corrected chi connectivity index (χ0v) is 25.6. The molecule has 0 aliphatic carbocycles. The molecule has 4 atom stereocenters. The number of nitrogens with zero attached hydrogens (tertiary/aromatic N) is 4. The van der Waals surface area contributed by atoms with Crippen molar-refractivity contribution in [1.29, 1.82) is 0 Å². The van der Waals surface area contributed by atoms with Crippen LogP contribution in [0.5, 0.6) is 0 Å². The highest BCUT2D eigenvalue weighted by Crippen LogP contribution is 2.24. The first kappa shape index (κ1) is 34.0. The normalized spacial score (nSPS) is 24.6. The van der Waals surface area contributed by atoms with Crippen LogP contribution in [0.4, 0.5) is 0 Å². The minimum Gasteiger partial charge on any atom is -0.374 e. The van der Waals surface area contributed by atoms with Gasteiger partial charge in [-0.15, -0.1) is 5.10 Å². The molecule has 238 valence electrons. The average Bonchev–Trinajstić information content (AvgIpc) is 3.62. The van der Waals surface area contributed by atoms with Gasteiger partial charge in [0.2, 0.25) is 17.7 Å². The van der Waals surface area contributed by atoms with Gasteiger partial charge in [0.1, 0.15) is 11.6 Å². The molecule has 0 spiro atoms. The van der Waals surface area contributed by atoms with Crippen LogP contribution in [0.15, 0.2) is 6.20 Å². The summed E-state index contributed by atoms with van der Waals surface area (Å²) in [6.07, 6.45) is 4.32. The fourth-order valence-corrected chi connectivity index (χ4v) is 5.74. The van der Waals surface area contributed by atoms with E-state index in [1.807, 2.05) is 13.8 Å². The Morgan fingerprint density at radius 1 is 1.09 bits per heavy atom. The lowest BCUT2D eigenvalue weighted by molar-refractivity contribution is -0.139. The minimum absolute atomic E-state index is 0.0609. The molecule has 0 unspecified atom stereocenters. The van der Waals surface area contributed by atoms with Gasteiger partial charge >= 0.3 is 0 Å². The maximum absolute atomic E-state index is 13.4. The van der Waals surface area contributed by atoms with Crippen molar-refractivity contribution in [1.82, 2.24) is 25.2 Å². The molecule has 2 aliphatic rings. The third-order valence-electron chi connectivity index (χ3n) is 8.24. The first-order chi connectivity index (χ1) is 20.5. The number of Topliss-reactive ketones (excluding diaryl/α,β-unsaturated/α-hetero) is 3. The molecule has 0 bridgehead atoms. The molecule has 13 nitrogen and oxygen atoms in total. The van der Waals surface area contributed by atoms with Gasteiger partial charge in [-0.1, -0.05) is 26.0 Å². The summed E-state index contributed by atoms with van der Waals surface area (Å²) < 4.78 is 7.56. The summed E-state index contributed by atoms with van der Waals surface area (Å²) in [6.45, 7) is 6.30. The predicted octanol–water partition coefficient (Wildman–Crippen LogP) is 1.36. The molecular weight excluding hydrogens is 556 g/mol. The van der Waals surface area contributed by atoms with Gasteiger partial charge < -0.3 is 20.7 Å². The molecule has 1 aromatic heterocycles. The van der Waals surface area contributed by atoms with Crippen LogP contribution in [-0.4, -0.2) is 80.7 Å². The van der Waals surface area contributed by atoms with E-state index in [-0.39, 0.29) is 80.5 Å². The van der Waals surface area contributed by atoms with E-state index in [9.17, 15) is 28.8 Å². The second-order valence-electron chi connectivity index (χ2n) is 12.3. The summed E-state index contributed by atoms with van der Waals surface area (Å²) in [4.78, 5) is 78.7. The van der Waals surface area contributed by atoms with Crippen LogP contribution in [0.1, 0.15) is 84.3 Å². The number of ether oxygens (including phenoxy) is 1. The fourth-order valence-electron chi connectivity index (χ4n) is 5.74. The number of amides is 3. The molecule has 3 amide bonds. The smallest absolute Gasteiger partial charge is 0.242 e. The molecule has 1 aromatic rings. The SMILES string of the molecule is CC(C)C[C@H](CC(=O)[C@@H]1COCc2cnnn2CCCCC(=O)NCC(=O)N2CCC[C@H]2C(=O)C[C@@H](C)C(=O)C1)C(N)=O. The van der Waals surface area contributed by atoms with Gasteiger partial charge in [0.05, 0.1) is 37.7 Å². The van der Waals surface area contributed by atoms with Crippen LogP contribution in [0.3, 0.4) is 0 Å². The number of carbonyl (C=O) groups excluding carboxylic acids is 6. The van der Waals surface area contributed by atoms with E-state index in [0.717, 1.165) is 0 Å². The third kappa shape index (κ3) is 10.3. The number of rotatable bonds is 6. The van der Waals surface area contributed by atoms with E-state index in [0.29, 0.717) is 50.9 Å². The van der Waals surface area contributed by atoms with E-state index < -0.39 is 29.7 Å². The van der Waals surface area contributed by atoms with Gasteiger partial charge in [0.25, 0.3) is 0 Å². The van der Waals surface area contributed by atoms with E-state index in [2.05, 4.69) is 15.6 Å². The molecule has 3 heterocycles. The quantitative estimate of drug-likeness (QED) is 0.485. The first-order valence-corrected chi connectivity index (χ1v) is 15.3. The number of primary amides is 1. The molecule has 1 saturated heterocycles. The van der Waals surface area contributed by atoms with Crippen molar-refractivity contribution in [2.75, 3.05) is 19.7 Å². The Hall–Kier alpha value is -3.48. The number of ketones is 3. The van der Waals surface area contributed by atoms with Gasteiger partial charge in [-0.25, -0.2) is 4.68 Å². The van der Waals surface area contributed by atoms with Crippen LogP contribution in [0, 0.1) is 23.7 Å². The van der Waals surface area contributed by atoms with Crippen LogP contribution in [0.25, 0.3) is 0 Å². The van der Waals surface area contributed by atoms with Crippen LogP contribution in [-0.2, 0) is 46.7 Å². The zero-order chi connectivity index (χ0) is 31.5. The van der Waals surface area contributed by atoms with E-state index in [4.69, 9.17) is 10.5 Å². The maximum atomic E-state index is 13.4. The Morgan fingerprint density at radius 2 is 1.86 bits per heavy atom. The maximum Gasteiger partial charge on any atom is 0.242 e. The largest absolute Gasteiger partial charge is 0.374 e. The minimum atomic E-state index is -0.820.